The van der Waals surface area contributed by atoms with Gasteiger partial charge in [0.05, 0.1) is 32.1 Å². The van der Waals surface area contributed by atoms with Crippen LogP contribution in [0, 0.1) is 0 Å². The van der Waals surface area contributed by atoms with Gasteiger partial charge in [0, 0.05) is 6.07 Å². The highest BCUT2D eigenvalue weighted by Crippen LogP contribution is 2.28. The number of methoxy groups -OCH3 is 2. The summed E-state index contributed by atoms with van der Waals surface area (Å²) in [4.78, 5) is 34.4. The molecule has 0 spiro atoms. The van der Waals surface area contributed by atoms with Crippen LogP contribution in [0.15, 0.2) is 47.6 Å². The topological polar surface area (TPSA) is 129 Å². The van der Waals surface area contributed by atoms with E-state index in [1.165, 1.54) is 50.8 Å². The average Bonchev–Trinajstić information content (AvgIpc) is 2.68. The Morgan fingerprint density at radius 1 is 1.00 bits per heavy atom. The number of hydrogen-bond donors (Lipinski definition) is 2. The minimum atomic E-state index is -1.29. The van der Waals surface area contributed by atoms with Gasteiger partial charge in [0.1, 0.15) is 11.5 Å². The van der Waals surface area contributed by atoms with Crippen molar-refractivity contribution in [3.8, 4) is 11.5 Å². The zero-order valence-corrected chi connectivity index (χ0v) is 14.5. The largest absolute Gasteiger partial charge is 0.545 e. The Hall–Kier alpha value is -3.88. The van der Waals surface area contributed by atoms with Crippen molar-refractivity contribution in [1.29, 1.82) is 0 Å². The molecular formula is C18H16N3O6-. The van der Waals surface area contributed by atoms with E-state index in [2.05, 4.69) is 15.8 Å². The van der Waals surface area contributed by atoms with Crippen LogP contribution in [-0.2, 0) is 9.59 Å². The molecule has 2 aromatic carbocycles. The molecule has 0 atom stereocenters. The van der Waals surface area contributed by atoms with E-state index in [1.807, 2.05) is 0 Å². The summed E-state index contributed by atoms with van der Waals surface area (Å²) in [7, 11) is 2.91. The lowest BCUT2D eigenvalue weighted by atomic mass is 10.1. The number of aromatic carboxylic acids is 1. The SMILES string of the molecule is COc1ccc(NC(=O)C(=O)N/N=C\c2ccc(C(=O)[O-])cc2)c(OC)c1. The van der Waals surface area contributed by atoms with Crippen LogP contribution in [0.2, 0.25) is 0 Å². The summed E-state index contributed by atoms with van der Waals surface area (Å²) in [6.45, 7) is 0. The lowest BCUT2D eigenvalue weighted by molar-refractivity contribution is -0.255. The highest BCUT2D eigenvalue weighted by atomic mass is 16.5. The summed E-state index contributed by atoms with van der Waals surface area (Å²) in [5, 5.41) is 16.7. The molecule has 0 fully saturated rings. The fourth-order valence-corrected chi connectivity index (χ4v) is 2.00. The van der Waals surface area contributed by atoms with Crippen LogP contribution < -0.4 is 25.3 Å². The van der Waals surface area contributed by atoms with Crippen LogP contribution in [0.4, 0.5) is 5.69 Å². The molecule has 0 aliphatic heterocycles. The van der Waals surface area contributed by atoms with Crippen molar-refractivity contribution >= 4 is 29.7 Å². The van der Waals surface area contributed by atoms with Gasteiger partial charge in [-0.3, -0.25) is 9.59 Å². The second kappa shape index (κ2) is 8.99. The molecule has 0 unspecified atom stereocenters. The first-order valence-electron chi connectivity index (χ1n) is 7.62. The Kier molecular flexibility index (Phi) is 6.48. The number of hydrazone groups is 1. The number of rotatable bonds is 6. The van der Waals surface area contributed by atoms with Crippen LogP contribution >= 0.6 is 0 Å². The summed E-state index contributed by atoms with van der Waals surface area (Å²) in [5.74, 6) is -2.37. The van der Waals surface area contributed by atoms with E-state index in [0.29, 0.717) is 22.7 Å². The predicted molar refractivity (Wildman–Crippen MR) is 94.7 cm³/mol. The Bertz CT molecular complexity index is 877. The number of carboxylic acid groups (broad SMARTS) is 1. The van der Waals surface area contributed by atoms with Gasteiger partial charge in [-0.25, -0.2) is 5.43 Å². The van der Waals surface area contributed by atoms with Crippen molar-refractivity contribution in [2.24, 2.45) is 5.10 Å². The maximum atomic E-state index is 11.9. The molecule has 0 saturated carbocycles. The van der Waals surface area contributed by atoms with Gasteiger partial charge in [-0.15, -0.1) is 0 Å². The Balaban J connectivity index is 1.95. The van der Waals surface area contributed by atoms with Crippen molar-refractivity contribution in [2.75, 3.05) is 19.5 Å². The van der Waals surface area contributed by atoms with Gasteiger partial charge >= 0.3 is 11.8 Å². The van der Waals surface area contributed by atoms with Gasteiger partial charge in [-0.05, 0) is 23.3 Å². The van der Waals surface area contributed by atoms with Crippen molar-refractivity contribution in [1.82, 2.24) is 5.43 Å². The monoisotopic (exact) mass is 370 g/mol. The maximum absolute atomic E-state index is 11.9. The molecule has 2 N–H and O–H groups in total. The lowest BCUT2D eigenvalue weighted by Gasteiger charge is -2.10. The molecule has 140 valence electrons. The highest BCUT2D eigenvalue weighted by Gasteiger charge is 2.15. The van der Waals surface area contributed by atoms with Crippen LogP contribution in [-0.4, -0.2) is 38.2 Å². The molecule has 0 aliphatic carbocycles. The zero-order chi connectivity index (χ0) is 19.8. The standard InChI is InChI=1S/C18H17N3O6/c1-26-13-7-8-14(15(9-13)27-2)20-16(22)17(23)21-19-10-11-3-5-12(6-4-11)18(24)25/h3-10H,1-2H3,(H,20,22)(H,21,23)(H,24,25)/p-1/b19-10-. The first kappa shape index (κ1) is 19.4. The number of nitrogens with zero attached hydrogens (tertiary/aromatic N) is 1. The van der Waals surface area contributed by atoms with E-state index in [4.69, 9.17) is 9.47 Å². The molecule has 0 saturated heterocycles. The van der Waals surface area contributed by atoms with Crippen LogP contribution in [0.25, 0.3) is 0 Å². The van der Waals surface area contributed by atoms with Gasteiger partial charge in [-0.1, -0.05) is 24.3 Å². The lowest BCUT2D eigenvalue weighted by Crippen LogP contribution is -2.32. The van der Waals surface area contributed by atoms with E-state index in [9.17, 15) is 19.5 Å². The number of benzene rings is 2. The van der Waals surface area contributed by atoms with Crippen LogP contribution in [0.1, 0.15) is 15.9 Å². The second-order valence-corrected chi connectivity index (χ2v) is 5.13. The number of ether oxygens (including phenoxy) is 2. The van der Waals surface area contributed by atoms with Crippen molar-refractivity contribution in [2.45, 2.75) is 0 Å². The average molecular weight is 370 g/mol. The molecule has 2 rings (SSSR count). The van der Waals surface area contributed by atoms with Crippen LogP contribution in [0.5, 0.6) is 11.5 Å². The fraction of sp³-hybridized carbons (Fsp3) is 0.111. The molecule has 2 amide bonds. The second-order valence-electron chi connectivity index (χ2n) is 5.13. The summed E-state index contributed by atoms with van der Waals surface area (Å²) in [5.41, 5.74) is 2.91. The third-order valence-corrected chi connectivity index (χ3v) is 3.39. The van der Waals surface area contributed by atoms with E-state index in [0.717, 1.165) is 0 Å². The summed E-state index contributed by atoms with van der Waals surface area (Å²) < 4.78 is 10.2. The molecule has 0 radical (unpaired) electrons. The van der Waals surface area contributed by atoms with Crippen molar-refractivity contribution in [3.63, 3.8) is 0 Å². The summed E-state index contributed by atoms with van der Waals surface area (Å²) in [6.07, 6.45) is 1.26. The van der Waals surface area contributed by atoms with Crippen LogP contribution in [0.3, 0.4) is 0 Å². The molecule has 0 aromatic heterocycles. The van der Waals surface area contributed by atoms with Crippen molar-refractivity contribution < 1.29 is 29.0 Å². The van der Waals surface area contributed by atoms with Gasteiger partial charge < -0.3 is 24.7 Å². The summed E-state index contributed by atoms with van der Waals surface area (Å²) >= 11 is 0. The predicted octanol–water partition coefficient (Wildman–Crippen LogP) is 0.156. The van der Waals surface area contributed by atoms with Gasteiger partial charge in [-0.2, -0.15) is 5.10 Å². The fourth-order valence-electron chi connectivity index (χ4n) is 2.00. The zero-order valence-electron chi connectivity index (χ0n) is 14.5. The van der Waals surface area contributed by atoms with Gasteiger partial charge in [0.25, 0.3) is 0 Å². The van der Waals surface area contributed by atoms with E-state index < -0.39 is 17.8 Å². The number of nitrogens with one attached hydrogen (secondary N) is 2. The Morgan fingerprint density at radius 3 is 2.30 bits per heavy atom. The number of carbonyl (C=O) groups is 3. The number of anilines is 1. The highest BCUT2D eigenvalue weighted by molar-refractivity contribution is 6.39. The third-order valence-electron chi connectivity index (χ3n) is 3.39. The smallest absolute Gasteiger partial charge is 0.329 e. The maximum Gasteiger partial charge on any atom is 0.329 e. The Morgan fingerprint density at radius 2 is 1.70 bits per heavy atom. The van der Waals surface area contributed by atoms with E-state index in [-0.39, 0.29) is 5.56 Å². The quantitative estimate of drug-likeness (QED) is 0.423. The molecule has 2 aromatic rings. The summed E-state index contributed by atoms with van der Waals surface area (Å²) in [6, 6.07) is 10.3. The van der Waals surface area contributed by atoms with Gasteiger partial charge in [0.2, 0.25) is 0 Å². The van der Waals surface area contributed by atoms with E-state index in [1.54, 1.807) is 12.1 Å². The molecular weight excluding hydrogens is 354 g/mol. The third kappa shape index (κ3) is 5.30. The number of hydrogen-bond acceptors (Lipinski definition) is 7. The number of carbonyl (C=O) groups excluding carboxylic acids is 3. The van der Waals surface area contributed by atoms with E-state index >= 15 is 0 Å². The molecule has 0 aliphatic rings. The normalized spacial score (nSPS) is 10.3. The first-order chi connectivity index (χ1) is 12.9. The molecule has 0 bridgehead atoms. The number of amides is 2. The molecule has 27 heavy (non-hydrogen) atoms. The minimum absolute atomic E-state index is 0.0176. The Labute approximate surface area is 154 Å². The van der Waals surface area contributed by atoms with Crippen molar-refractivity contribution in [3.05, 3.63) is 53.6 Å². The first-order valence-corrected chi connectivity index (χ1v) is 7.62. The molecule has 0 heterocycles. The van der Waals surface area contributed by atoms with Gasteiger partial charge in [0.15, 0.2) is 0 Å². The molecule has 9 nitrogen and oxygen atoms in total. The number of carboxylic acids is 1. The molecule has 9 heteroatoms. The minimum Gasteiger partial charge on any atom is -0.545 e.